The summed E-state index contributed by atoms with van der Waals surface area (Å²) in [6, 6.07) is 15.3. The van der Waals surface area contributed by atoms with E-state index in [0.29, 0.717) is 5.82 Å². The number of benzene rings is 2. The first kappa shape index (κ1) is 15.2. The highest BCUT2D eigenvalue weighted by Gasteiger charge is 2.12. The third kappa shape index (κ3) is 3.24. The van der Waals surface area contributed by atoms with Crippen molar-refractivity contribution in [2.45, 2.75) is 26.5 Å². The number of nitrogens with zero attached hydrogens (tertiary/aromatic N) is 2. The zero-order valence-electron chi connectivity index (χ0n) is 13.0. The minimum absolute atomic E-state index is 0.117. The second kappa shape index (κ2) is 6.62. The van der Waals surface area contributed by atoms with E-state index in [1.807, 2.05) is 48.5 Å². The Bertz CT molecular complexity index is 822. The molecule has 1 amide bonds. The number of hydrogen-bond acceptors (Lipinski definition) is 3. The first-order valence-corrected chi connectivity index (χ1v) is 7.65. The molecule has 5 heteroatoms. The monoisotopic (exact) mass is 309 g/mol. The molecule has 23 heavy (non-hydrogen) atoms. The smallest absolute Gasteiger partial charge is 0.244 e. The van der Waals surface area contributed by atoms with Crippen LogP contribution in [-0.2, 0) is 24.4 Å². The second-order valence-electron chi connectivity index (χ2n) is 5.36. The van der Waals surface area contributed by atoms with Crippen LogP contribution in [0.5, 0.6) is 0 Å². The zero-order chi connectivity index (χ0) is 16.2. The fourth-order valence-electron chi connectivity index (χ4n) is 2.59. The highest BCUT2D eigenvalue weighted by Crippen LogP contribution is 2.16. The number of aromatic nitrogens is 2. The van der Waals surface area contributed by atoms with Gasteiger partial charge in [0.2, 0.25) is 5.91 Å². The van der Waals surface area contributed by atoms with Crippen molar-refractivity contribution in [2.24, 2.45) is 0 Å². The van der Waals surface area contributed by atoms with E-state index in [1.165, 1.54) is 5.56 Å². The fourth-order valence-corrected chi connectivity index (χ4v) is 2.59. The maximum atomic E-state index is 12.3. The summed E-state index contributed by atoms with van der Waals surface area (Å²) >= 11 is 0. The number of nitrogens with one attached hydrogen (secondary N) is 1. The largest absolute Gasteiger partial charge is 0.388 e. The van der Waals surface area contributed by atoms with Gasteiger partial charge in [0.05, 0.1) is 11.0 Å². The minimum atomic E-state index is -0.201. The van der Waals surface area contributed by atoms with E-state index in [2.05, 4.69) is 17.2 Å². The van der Waals surface area contributed by atoms with Crippen LogP contribution in [0.15, 0.2) is 48.5 Å². The number of aliphatic hydroxyl groups excluding tert-OH is 1. The van der Waals surface area contributed by atoms with Crippen molar-refractivity contribution in [1.29, 1.82) is 0 Å². The van der Waals surface area contributed by atoms with Crippen molar-refractivity contribution in [3.05, 3.63) is 59.9 Å². The number of rotatable bonds is 5. The summed E-state index contributed by atoms with van der Waals surface area (Å²) in [5, 5.41) is 12.3. The van der Waals surface area contributed by atoms with Gasteiger partial charge < -0.3 is 15.0 Å². The lowest BCUT2D eigenvalue weighted by Gasteiger charge is -2.09. The average molecular weight is 309 g/mol. The molecule has 0 aliphatic rings. The quantitative estimate of drug-likeness (QED) is 0.761. The van der Waals surface area contributed by atoms with Crippen molar-refractivity contribution in [3.63, 3.8) is 0 Å². The summed E-state index contributed by atoms with van der Waals surface area (Å²) in [4.78, 5) is 16.7. The molecule has 0 saturated heterocycles. The molecule has 2 N–H and O–H groups in total. The molecule has 0 fully saturated rings. The van der Waals surface area contributed by atoms with E-state index in [-0.39, 0.29) is 19.1 Å². The topological polar surface area (TPSA) is 67.2 Å². The lowest BCUT2D eigenvalue weighted by atomic mass is 10.1. The van der Waals surface area contributed by atoms with Crippen molar-refractivity contribution < 1.29 is 9.90 Å². The standard InChI is InChI=1S/C18H19N3O2/c1-2-13-7-9-14(10-8-13)19-18(23)11-21-16-6-4-3-5-15(16)20-17(21)12-22/h3-10,22H,2,11-12H2,1H3,(H,19,23). The molecule has 3 aromatic rings. The van der Waals surface area contributed by atoms with Crippen LogP contribution in [0.2, 0.25) is 0 Å². The van der Waals surface area contributed by atoms with Gasteiger partial charge in [0.1, 0.15) is 19.0 Å². The molecular weight excluding hydrogens is 290 g/mol. The normalized spacial score (nSPS) is 10.9. The van der Waals surface area contributed by atoms with Crippen molar-refractivity contribution >= 4 is 22.6 Å². The lowest BCUT2D eigenvalue weighted by molar-refractivity contribution is -0.116. The number of carbonyl (C=O) groups excluding carboxylic acids is 1. The number of amides is 1. The van der Waals surface area contributed by atoms with Gasteiger partial charge in [-0.2, -0.15) is 0 Å². The fraction of sp³-hybridized carbons (Fsp3) is 0.222. The maximum Gasteiger partial charge on any atom is 0.244 e. The van der Waals surface area contributed by atoms with Crippen molar-refractivity contribution in [3.8, 4) is 0 Å². The molecule has 0 aliphatic heterocycles. The van der Waals surface area contributed by atoms with Crippen LogP contribution >= 0.6 is 0 Å². The molecule has 0 aliphatic carbocycles. The predicted molar refractivity (Wildman–Crippen MR) is 90.1 cm³/mol. The van der Waals surface area contributed by atoms with E-state index in [0.717, 1.165) is 23.1 Å². The Balaban J connectivity index is 1.79. The summed E-state index contributed by atoms with van der Waals surface area (Å²) in [7, 11) is 0. The van der Waals surface area contributed by atoms with Crippen LogP contribution in [0, 0.1) is 0 Å². The first-order chi connectivity index (χ1) is 11.2. The van der Waals surface area contributed by atoms with Crippen LogP contribution < -0.4 is 5.32 Å². The van der Waals surface area contributed by atoms with Gasteiger partial charge in [-0.05, 0) is 36.2 Å². The van der Waals surface area contributed by atoms with Gasteiger partial charge in [-0.15, -0.1) is 0 Å². The van der Waals surface area contributed by atoms with Gasteiger partial charge in [0, 0.05) is 5.69 Å². The SMILES string of the molecule is CCc1ccc(NC(=O)Cn2c(CO)nc3ccccc32)cc1. The molecular formula is C18H19N3O2. The van der Waals surface area contributed by atoms with E-state index in [9.17, 15) is 9.90 Å². The number of carbonyl (C=O) groups is 1. The molecule has 0 atom stereocenters. The minimum Gasteiger partial charge on any atom is -0.388 e. The van der Waals surface area contributed by atoms with Gasteiger partial charge in [-0.25, -0.2) is 4.98 Å². The van der Waals surface area contributed by atoms with Gasteiger partial charge in [-0.3, -0.25) is 4.79 Å². The molecule has 0 spiro atoms. The van der Waals surface area contributed by atoms with Gasteiger partial charge >= 0.3 is 0 Å². The van der Waals surface area contributed by atoms with Gasteiger partial charge in [-0.1, -0.05) is 31.2 Å². The Kier molecular flexibility index (Phi) is 4.39. The summed E-state index contributed by atoms with van der Waals surface area (Å²) in [5.41, 5.74) is 3.61. The Morgan fingerprint density at radius 2 is 1.91 bits per heavy atom. The van der Waals surface area contributed by atoms with Crippen LogP contribution in [0.1, 0.15) is 18.3 Å². The number of fused-ring (bicyclic) bond motifs is 1. The summed E-state index contributed by atoms with van der Waals surface area (Å²) in [5.74, 6) is 0.342. The van der Waals surface area contributed by atoms with Crippen molar-refractivity contribution in [1.82, 2.24) is 9.55 Å². The molecule has 0 bridgehead atoms. The number of anilines is 1. The molecule has 1 heterocycles. The Morgan fingerprint density at radius 1 is 1.17 bits per heavy atom. The molecule has 2 aromatic carbocycles. The Hall–Kier alpha value is -2.66. The third-order valence-electron chi connectivity index (χ3n) is 3.82. The molecule has 3 rings (SSSR count). The summed E-state index contributed by atoms with van der Waals surface area (Å²) < 4.78 is 1.74. The molecule has 0 saturated carbocycles. The van der Waals surface area contributed by atoms with Crippen LogP contribution in [0.3, 0.4) is 0 Å². The third-order valence-corrected chi connectivity index (χ3v) is 3.82. The summed E-state index contributed by atoms with van der Waals surface area (Å²) in [6.45, 7) is 2.01. The lowest BCUT2D eigenvalue weighted by Crippen LogP contribution is -2.20. The summed E-state index contributed by atoms with van der Waals surface area (Å²) in [6.07, 6.45) is 0.967. The molecule has 0 unspecified atom stereocenters. The van der Waals surface area contributed by atoms with E-state index in [4.69, 9.17) is 0 Å². The molecule has 5 nitrogen and oxygen atoms in total. The van der Waals surface area contributed by atoms with Crippen LogP contribution in [0.25, 0.3) is 11.0 Å². The highest BCUT2D eigenvalue weighted by molar-refractivity contribution is 5.91. The average Bonchev–Trinajstić information content (AvgIpc) is 2.93. The Labute approximate surface area is 134 Å². The van der Waals surface area contributed by atoms with Crippen LogP contribution in [0.4, 0.5) is 5.69 Å². The highest BCUT2D eigenvalue weighted by atomic mass is 16.3. The van der Waals surface area contributed by atoms with E-state index in [1.54, 1.807) is 4.57 Å². The first-order valence-electron chi connectivity index (χ1n) is 7.65. The number of imidazole rings is 1. The maximum absolute atomic E-state index is 12.3. The number of aryl methyl sites for hydroxylation is 1. The number of hydrogen-bond donors (Lipinski definition) is 2. The molecule has 1 aromatic heterocycles. The predicted octanol–water partition coefficient (Wildman–Crippen LogP) is 2.73. The van der Waals surface area contributed by atoms with Gasteiger partial charge in [0.25, 0.3) is 0 Å². The van der Waals surface area contributed by atoms with Crippen LogP contribution in [-0.4, -0.2) is 20.6 Å². The van der Waals surface area contributed by atoms with Gasteiger partial charge in [0.15, 0.2) is 0 Å². The molecule has 0 radical (unpaired) electrons. The Morgan fingerprint density at radius 3 is 2.61 bits per heavy atom. The second-order valence-corrected chi connectivity index (χ2v) is 5.36. The number of para-hydroxylation sites is 2. The molecule has 118 valence electrons. The number of aliphatic hydroxyl groups is 1. The van der Waals surface area contributed by atoms with Crippen molar-refractivity contribution in [2.75, 3.05) is 5.32 Å². The zero-order valence-corrected chi connectivity index (χ0v) is 13.0. The van der Waals surface area contributed by atoms with E-state index >= 15 is 0 Å². The van der Waals surface area contributed by atoms with E-state index < -0.39 is 0 Å².